The van der Waals surface area contributed by atoms with Gasteiger partial charge in [0.25, 0.3) is 0 Å². The number of aliphatic hydroxyl groups is 2. The molecule has 0 bridgehead atoms. The van der Waals surface area contributed by atoms with E-state index in [1.807, 2.05) is 0 Å². The van der Waals surface area contributed by atoms with E-state index in [1.54, 1.807) is 0 Å². The monoisotopic (exact) mass is 450 g/mol. The number of aliphatic hydroxyl groups excluding tert-OH is 2. The van der Waals surface area contributed by atoms with Crippen LogP contribution in [0.2, 0.25) is 5.28 Å². The van der Waals surface area contributed by atoms with Crippen LogP contribution >= 0.6 is 19.2 Å². The van der Waals surface area contributed by atoms with Crippen molar-refractivity contribution in [3.63, 3.8) is 0 Å². The molecule has 160 valence electrons. The summed E-state index contributed by atoms with van der Waals surface area (Å²) in [6.45, 7) is 0.381. The minimum absolute atomic E-state index is 0.0473. The molecule has 4 rings (SSSR count). The van der Waals surface area contributed by atoms with Crippen molar-refractivity contribution in [3.05, 3.63) is 5.28 Å². The molecule has 0 radical (unpaired) electrons. The Morgan fingerprint density at radius 1 is 1.28 bits per heavy atom. The van der Waals surface area contributed by atoms with Crippen molar-refractivity contribution in [1.82, 2.24) is 25.0 Å². The zero-order chi connectivity index (χ0) is 20.8. The largest absolute Gasteiger partial charge is 0.387 e. The first-order valence-electron chi connectivity index (χ1n) is 8.89. The number of fused-ring (bicyclic) bond motifs is 1. The standard InChI is InChI=1S/C14H20ClN6O7P/c15-14-17-11(16-3-6-1-2-6)8-12(18-14)21(20-19-8)13-10(23)9(22)7(28-13)4-27-5-29(24,25)26/h6-7,9-10,13,22-23H,1-5H2,(H,16,17,18)(H2,24,25,26)/t7-,9-,10-,13-/m1/s1. The summed E-state index contributed by atoms with van der Waals surface area (Å²) in [6.07, 6.45) is -3.50. The number of nitrogens with one attached hydrogen (secondary N) is 1. The number of hydrogen-bond donors (Lipinski definition) is 5. The predicted octanol–water partition coefficient (Wildman–Crippen LogP) is -0.532. The lowest BCUT2D eigenvalue weighted by Gasteiger charge is -2.15. The summed E-state index contributed by atoms with van der Waals surface area (Å²) in [7, 11) is -4.36. The zero-order valence-corrected chi connectivity index (χ0v) is 16.6. The maximum absolute atomic E-state index is 10.9. The zero-order valence-electron chi connectivity index (χ0n) is 15.0. The average molecular weight is 451 g/mol. The Hall–Kier alpha value is -1.44. The van der Waals surface area contributed by atoms with Gasteiger partial charge in [0, 0.05) is 6.54 Å². The van der Waals surface area contributed by atoms with E-state index in [-0.39, 0.29) is 17.5 Å². The minimum atomic E-state index is -4.36. The molecule has 3 heterocycles. The Morgan fingerprint density at radius 2 is 2.03 bits per heavy atom. The van der Waals surface area contributed by atoms with Gasteiger partial charge in [-0.3, -0.25) is 4.57 Å². The van der Waals surface area contributed by atoms with Crippen molar-refractivity contribution in [2.75, 3.05) is 24.8 Å². The van der Waals surface area contributed by atoms with Gasteiger partial charge in [0.15, 0.2) is 23.2 Å². The fourth-order valence-electron chi connectivity index (χ4n) is 3.02. The van der Waals surface area contributed by atoms with E-state index < -0.39 is 38.5 Å². The Balaban J connectivity index is 1.53. The molecule has 1 saturated heterocycles. The normalized spacial score (nSPS) is 27.6. The first-order valence-corrected chi connectivity index (χ1v) is 11.1. The lowest BCUT2D eigenvalue weighted by Crippen LogP contribution is -2.34. The summed E-state index contributed by atoms with van der Waals surface area (Å²) >= 11 is 6.02. The Labute approximate surface area is 169 Å². The van der Waals surface area contributed by atoms with Crippen molar-refractivity contribution < 1.29 is 34.0 Å². The van der Waals surface area contributed by atoms with Crippen LogP contribution in [0.25, 0.3) is 11.2 Å². The molecule has 15 heteroatoms. The highest BCUT2D eigenvalue weighted by atomic mass is 35.5. The van der Waals surface area contributed by atoms with Gasteiger partial charge in [-0.15, -0.1) is 5.10 Å². The van der Waals surface area contributed by atoms with Gasteiger partial charge in [0.05, 0.1) is 6.61 Å². The SMILES string of the molecule is O=P(O)(O)COC[C@H]1O[C@@H](n2nnc3c(NCC4CC4)nc(Cl)nc32)[C@H](O)[C@@H]1O. The molecular formula is C14H20ClN6O7P. The lowest BCUT2D eigenvalue weighted by atomic mass is 10.1. The van der Waals surface area contributed by atoms with Crippen LogP contribution in [0.5, 0.6) is 0 Å². The average Bonchev–Trinajstić information content (AvgIpc) is 3.32. The van der Waals surface area contributed by atoms with Crippen LogP contribution in [-0.2, 0) is 14.0 Å². The summed E-state index contributed by atoms with van der Waals surface area (Å²) in [5, 5.41) is 31.7. The molecule has 4 atom stereocenters. The molecule has 0 amide bonds. The van der Waals surface area contributed by atoms with Gasteiger partial charge in [-0.05, 0) is 30.4 Å². The van der Waals surface area contributed by atoms with Gasteiger partial charge >= 0.3 is 7.60 Å². The highest BCUT2D eigenvalue weighted by Gasteiger charge is 2.45. The molecule has 0 aromatic carbocycles. The minimum Gasteiger partial charge on any atom is -0.387 e. The predicted molar refractivity (Wildman–Crippen MR) is 98.1 cm³/mol. The molecular weight excluding hydrogens is 431 g/mol. The number of anilines is 1. The molecule has 2 fully saturated rings. The summed E-state index contributed by atoms with van der Waals surface area (Å²) in [5.41, 5.74) is 0.540. The molecule has 13 nitrogen and oxygen atoms in total. The van der Waals surface area contributed by atoms with E-state index in [2.05, 4.69) is 25.6 Å². The van der Waals surface area contributed by atoms with Crippen LogP contribution in [0.4, 0.5) is 5.82 Å². The quantitative estimate of drug-likeness (QED) is 0.256. The molecule has 1 aliphatic heterocycles. The van der Waals surface area contributed by atoms with Gasteiger partial charge < -0.3 is 34.8 Å². The van der Waals surface area contributed by atoms with Crippen LogP contribution in [0.1, 0.15) is 19.1 Å². The van der Waals surface area contributed by atoms with E-state index in [9.17, 15) is 14.8 Å². The smallest absolute Gasteiger partial charge is 0.350 e. The fourth-order valence-corrected chi connectivity index (χ4v) is 3.53. The van der Waals surface area contributed by atoms with Crippen LogP contribution < -0.4 is 5.32 Å². The molecule has 29 heavy (non-hydrogen) atoms. The van der Waals surface area contributed by atoms with Crippen molar-refractivity contribution in [1.29, 1.82) is 0 Å². The molecule has 1 saturated carbocycles. The van der Waals surface area contributed by atoms with Crippen LogP contribution in [-0.4, -0.2) is 82.8 Å². The van der Waals surface area contributed by atoms with Crippen LogP contribution in [0.3, 0.4) is 0 Å². The number of halogens is 1. The highest BCUT2D eigenvalue weighted by molar-refractivity contribution is 7.51. The first kappa shape index (κ1) is 20.8. The molecule has 2 aromatic rings. The second kappa shape index (κ2) is 8.00. The summed E-state index contributed by atoms with van der Waals surface area (Å²) in [6, 6.07) is 0. The number of ether oxygens (including phenoxy) is 2. The summed E-state index contributed by atoms with van der Waals surface area (Å²) in [5.74, 6) is 0.991. The summed E-state index contributed by atoms with van der Waals surface area (Å²) < 4.78 is 22.5. The molecule has 2 aliphatic rings. The van der Waals surface area contributed by atoms with Crippen LogP contribution in [0.15, 0.2) is 0 Å². The Kier molecular flexibility index (Phi) is 5.75. The maximum Gasteiger partial charge on any atom is 0.350 e. The topological polar surface area (TPSA) is 185 Å². The third-order valence-corrected chi connectivity index (χ3v) is 5.36. The fraction of sp³-hybridized carbons (Fsp3) is 0.714. The number of nitrogens with zero attached hydrogens (tertiary/aromatic N) is 5. The van der Waals surface area contributed by atoms with Crippen molar-refractivity contribution in [3.8, 4) is 0 Å². The van der Waals surface area contributed by atoms with E-state index in [0.29, 0.717) is 17.3 Å². The van der Waals surface area contributed by atoms with Gasteiger partial charge in [0.1, 0.15) is 24.7 Å². The Bertz CT molecular complexity index is 937. The van der Waals surface area contributed by atoms with E-state index in [1.165, 1.54) is 4.68 Å². The number of aromatic nitrogens is 5. The molecule has 0 unspecified atom stereocenters. The van der Waals surface area contributed by atoms with Crippen molar-refractivity contribution in [2.24, 2.45) is 5.92 Å². The Morgan fingerprint density at radius 3 is 2.72 bits per heavy atom. The number of hydrogen-bond acceptors (Lipinski definition) is 10. The third-order valence-electron chi connectivity index (χ3n) is 4.67. The maximum atomic E-state index is 10.9. The van der Waals surface area contributed by atoms with E-state index >= 15 is 0 Å². The third kappa shape index (κ3) is 4.67. The van der Waals surface area contributed by atoms with Crippen LogP contribution in [0, 0.1) is 5.92 Å². The second-order valence-electron chi connectivity index (χ2n) is 7.08. The van der Waals surface area contributed by atoms with E-state index in [4.69, 9.17) is 30.9 Å². The van der Waals surface area contributed by atoms with Crippen molar-refractivity contribution >= 4 is 36.2 Å². The molecule has 1 aliphatic carbocycles. The van der Waals surface area contributed by atoms with Crippen molar-refractivity contribution in [2.45, 2.75) is 37.4 Å². The van der Waals surface area contributed by atoms with Gasteiger partial charge in [0.2, 0.25) is 5.28 Å². The lowest BCUT2D eigenvalue weighted by molar-refractivity contribution is -0.0665. The second-order valence-corrected chi connectivity index (χ2v) is 9.01. The van der Waals surface area contributed by atoms with Gasteiger partial charge in [-0.2, -0.15) is 14.6 Å². The highest BCUT2D eigenvalue weighted by Crippen LogP contribution is 2.36. The number of rotatable bonds is 8. The van der Waals surface area contributed by atoms with Gasteiger partial charge in [-0.25, -0.2) is 0 Å². The molecule has 2 aromatic heterocycles. The molecule has 5 N–H and O–H groups in total. The van der Waals surface area contributed by atoms with Gasteiger partial charge in [-0.1, -0.05) is 5.21 Å². The van der Waals surface area contributed by atoms with E-state index in [0.717, 1.165) is 19.4 Å². The summed E-state index contributed by atoms with van der Waals surface area (Å²) in [4.78, 5) is 25.9. The molecule has 0 spiro atoms. The first-order chi connectivity index (χ1) is 13.7.